The van der Waals surface area contributed by atoms with Crippen molar-refractivity contribution in [1.82, 2.24) is 0 Å². The Hall–Kier alpha value is -0.870. The van der Waals surface area contributed by atoms with Crippen LogP contribution in [-0.4, -0.2) is 8.42 Å². The van der Waals surface area contributed by atoms with Crippen LogP contribution in [0.25, 0.3) is 0 Å². The van der Waals surface area contributed by atoms with Crippen LogP contribution in [0, 0.1) is 9.39 Å². The summed E-state index contributed by atoms with van der Waals surface area (Å²) in [5.74, 6) is -0.676. The van der Waals surface area contributed by atoms with Gasteiger partial charge in [-0.25, -0.2) is 12.8 Å². The molecule has 2 aromatic carbocycles. The predicted octanol–water partition coefficient (Wildman–Crippen LogP) is 3.58. The summed E-state index contributed by atoms with van der Waals surface area (Å²) < 4.78 is 41.2. The second kappa shape index (κ2) is 5.86. The highest BCUT2D eigenvalue weighted by molar-refractivity contribution is 14.1. The summed E-state index contributed by atoms with van der Waals surface area (Å²) in [6.45, 7) is 0. The number of rotatable bonds is 3. The number of nitrogens with one attached hydrogen (secondary N) is 1. The molecule has 0 saturated carbocycles. The summed E-state index contributed by atoms with van der Waals surface area (Å²) in [5.41, 5.74) is 5.64. The van der Waals surface area contributed by atoms with Crippen LogP contribution in [0.5, 0.6) is 0 Å². The van der Waals surface area contributed by atoms with Gasteiger partial charge in [-0.05, 0) is 62.8 Å². The first-order valence-electron chi connectivity index (χ1n) is 5.33. The molecule has 20 heavy (non-hydrogen) atoms. The van der Waals surface area contributed by atoms with Crippen molar-refractivity contribution in [3.8, 4) is 0 Å². The molecule has 0 heterocycles. The molecule has 0 radical (unpaired) electrons. The minimum atomic E-state index is -3.85. The smallest absolute Gasteiger partial charge is 0.263 e. The van der Waals surface area contributed by atoms with Crippen molar-refractivity contribution in [2.75, 3.05) is 10.5 Å². The summed E-state index contributed by atoms with van der Waals surface area (Å²) in [6, 6.07) is 9.03. The molecule has 8 heteroatoms. The Balaban J connectivity index is 2.47. The van der Waals surface area contributed by atoms with Crippen molar-refractivity contribution in [3.63, 3.8) is 0 Å². The molecule has 106 valence electrons. The highest BCUT2D eigenvalue weighted by Crippen LogP contribution is 2.29. The van der Waals surface area contributed by atoms with Crippen molar-refractivity contribution >= 4 is 59.9 Å². The van der Waals surface area contributed by atoms with Crippen LogP contribution in [0.1, 0.15) is 0 Å². The summed E-state index contributed by atoms with van der Waals surface area (Å²) in [7, 11) is -3.85. The minimum Gasteiger partial charge on any atom is -0.396 e. The van der Waals surface area contributed by atoms with Crippen LogP contribution < -0.4 is 10.5 Å². The maximum absolute atomic E-state index is 13.3. The molecule has 0 bridgehead atoms. The van der Waals surface area contributed by atoms with Crippen LogP contribution in [0.2, 0.25) is 0 Å². The molecule has 0 amide bonds. The predicted molar refractivity (Wildman–Crippen MR) is 88.5 cm³/mol. The molecule has 2 aromatic rings. The van der Waals surface area contributed by atoms with Crippen LogP contribution in [0.15, 0.2) is 45.8 Å². The number of benzene rings is 2. The van der Waals surface area contributed by atoms with Crippen LogP contribution in [0.4, 0.5) is 15.8 Å². The van der Waals surface area contributed by atoms with E-state index in [1.165, 1.54) is 0 Å². The fourth-order valence-corrected chi connectivity index (χ4v) is 4.33. The Bertz CT molecular complexity index is 768. The molecule has 0 atom stereocenters. The first-order chi connectivity index (χ1) is 9.31. The van der Waals surface area contributed by atoms with E-state index in [-0.39, 0.29) is 15.1 Å². The normalized spacial score (nSPS) is 11.3. The van der Waals surface area contributed by atoms with Crippen molar-refractivity contribution in [3.05, 3.63) is 50.3 Å². The first-order valence-corrected chi connectivity index (χ1v) is 8.68. The zero-order valence-electron chi connectivity index (χ0n) is 9.90. The Morgan fingerprint density at radius 3 is 2.55 bits per heavy atom. The monoisotopic (exact) mass is 470 g/mol. The van der Waals surface area contributed by atoms with Gasteiger partial charge in [-0.2, -0.15) is 0 Å². The van der Waals surface area contributed by atoms with E-state index in [2.05, 4.69) is 20.7 Å². The molecule has 0 fully saturated rings. The van der Waals surface area contributed by atoms with Gasteiger partial charge in [0.2, 0.25) is 0 Å². The average Bonchev–Trinajstić information content (AvgIpc) is 2.36. The standard InChI is InChI=1S/C12H9BrFIN2O2S/c13-7-5-8(14)10(16)6-12(7)20(18,19)17-11-4-2-1-3-9(11)15/h1-6,17H,16H2. The Labute approximate surface area is 137 Å². The van der Waals surface area contributed by atoms with Crippen molar-refractivity contribution in [2.45, 2.75) is 4.90 Å². The Morgan fingerprint density at radius 2 is 1.90 bits per heavy atom. The van der Waals surface area contributed by atoms with E-state index in [1.807, 2.05) is 22.6 Å². The molecule has 0 unspecified atom stereocenters. The maximum atomic E-state index is 13.3. The third-order valence-corrected chi connectivity index (χ3v) is 5.72. The van der Waals surface area contributed by atoms with Crippen molar-refractivity contribution in [2.24, 2.45) is 0 Å². The highest BCUT2D eigenvalue weighted by atomic mass is 127. The number of halogens is 3. The lowest BCUT2D eigenvalue weighted by Gasteiger charge is -2.12. The summed E-state index contributed by atoms with van der Waals surface area (Å²) >= 11 is 5.05. The lowest BCUT2D eigenvalue weighted by molar-refractivity contribution is 0.599. The van der Waals surface area contributed by atoms with E-state index in [4.69, 9.17) is 5.73 Å². The largest absolute Gasteiger partial charge is 0.396 e. The fourth-order valence-electron chi connectivity index (χ4n) is 1.49. The van der Waals surface area contributed by atoms with Gasteiger partial charge in [-0.15, -0.1) is 0 Å². The molecule has 3 N–H and O–H groups in total. The number of anilines is 2. The molecule has 0 aliphatic rings. The van der Waals surface area contributed by atoms with E-state index >= 15 is 0 Å². The third-order valence-electron chi connectivity index (χ3n) is 2.46. The molecular weight excluding hydrogens is 462 g/mol. The molecule has 0 aliphatic heterocycles. The number of nitrogen functional groups attached to an aromatic ring is 1. The lowest BCUT2D eigenvalue weighted by atomic mass is 10.3. The van der Waals surface area contributed by atoms with Gasteiger partial charge < -0.3 is 5.73 Å². The molecule has 2 rings (SSSR count). The Morgan fingerprint density at radius 1 is 1.25 bits per heavy atom. The molecule has 0 aliphatic carbocycles. The highest BCUT2D eigenvalue weighted by Gasteiger charge is 2.20. The van der Waals surface area contributed by atoms with Gasteiger partial charge >= 0.3 is 0 Å². The van der Waals surface area contributed by atoms with Crippen molar-refractivity contribution in [1.29, 1.82) is 0 Å². The Kier molecular flexibility index (Phi) is 4.55. The van der Waals surface area contributed by atoms with E-state index < -0.39 is 15.8 Å². The second-order valence-electron chi connectivity index (χ2n) is 3.89. The van der Waals surface area contributed by atoms with Gasteiger partial charge in [0.05, 0.1) is 11.4 Å². The van der Waals surface area contributed by atoms with Gasteiger partial charge in [0.25, 0.3) is 10.0 Å². The van der Waals surface area contributed by atoms with E-state index in [0.717, 1.165) is 15.7 Å². The van der Waals surface area contributed by atoms with Crippen LogP contribution >= 0.6 is 38.5 Å². The summed E-state index contributed by atoms with van der Waals surface area (Å²) in [4.78, 5) is -0.115. The van der Waals surface area contributed by atoms with Crippen LogP contribution in [-0.2, 0) is 10.0 Å². The summed E-state index contributed by atoms with van der Waals surface area (Å²) in [6.07, 6.45) is 0. The number of hydrogen-bond acceptors (Lipinski definition) is 3. The summed E-state index contributed by atoms with van der Waals surface area (Å²) in [5, 5.41) is 0. The van der Waals surface area contributed by atoms with E-state index in [1.54, 1.807) is 24.3 Å². The SMILES string of the molecule is Nc1cc(S(=O)(=O)Nc2ccccc2I)c(Br)cc1F. The van der Waals surface area contributed by atoms with Gasteiger partial charge in [0, 0.05) is 8.04 Å². The van der Waals surface area contributed by atoms with Gasteiger partial charge in [0.1, 0.15) is 10.7 Å². The molecular formula is C12H9BrFIN2O2S. The lowest BCUT2D eigenvalue weighted by Crippen LogP contribution is -2.15. The number of sulfonamides is 1. The molecule has 0 saturated heterocycles. The minimum absolute atomic E-state index is 0.114. The third kappa shape index (κ3) is 3.23. The topological polar surface area (TPSA) is 72.2 Å². The number of para-hydroxylation sites is 1. The van der Waals surface area contributed by atoms with Crippen LogP contribution in [0.3, 0.4) is 0 Å². The molecule has 0 spiro atoms. The van der Waals surface area contributed by atoms with Crippen molar-refractivity contribution < 1.29 is 12.8 Å². The fraction of sp³-hybridized carbons (Fsp3) is 0. The number of hydrogen-bond donors (Lipinski definition) is 2. The number of nitrogens with two attached hydrogens (primary N) is 1. The zero-order valence-corrected chi connectivity index (χ0v) is 14.5. The zero-order chi connectivity index (χ0) is 14.9. The van der Waals surface area contributed by atoms with E-state index in [0.29, 0.717) is 5.69 Å². The van der Waals surface area contributed by atoms with Gasteiger partial charge in [0.15, 0.2) is 0 Å². The first kappa shape index (κ1) is 15.5. The average molecular weight is 471 g/mol. The quantitative estimate of drug-likeness (QED) is 0.532. The maximum Gasteiger partial charge on any atom is 0.263 e. The van der Waals surface area contributed by atoms with Gasteiger partial charge in [-0.3, -0.25) is 4.72 Å². The van der Waals surface area contributed by atoms with E-state index in [9.17, 15) is 12.8 Å². The second-order valence-corrected chi connectivity index (χ2v) is 7.56. The van der Waals surface area contributed by atoms with Gasteiger partial charge in [-0.1, -0.05) is 12.1 Å². The molecule has 4 nitrogen and oxygen atoms in total. The molecule has 0 aromatic heterocycles.